The number of rotatable bonds is 6. The van der Waals surface area contributed by atoms with Crippen molar-refractivity contribution in [2.24, 2.45) is 0 Å². The zero-order valence-corrected chi connectivity index (χ0v) is 11.7. The van der Waals surface area contributed by atoms with Crippen LogP contribution in [-0.2, 0) is 11.3 Å². The van der Waals surface area contributed by atoms with E-state index in [0.717, 1.165) is 16.3 Å². The molecule has 0 saturated heterocycles. The molecule has 0 aliphatic carbocycles. The maximum atomic E-state index is 11.3. The summed E-state index contributed by atoms with van der Waals surface area (Å²) in [7, 11) is 0. The van der Waals surface area contributed by atoms with Gasteiger partial charge in [-0.05, 0) is 6.92 Å². The lowest BCUT2D eigenvalue weighted by atomic mass is 10.2. The number of aromatic nitrogens is 1. The van der Waals surface area contributed by atoms with Gasteiger partial charge in [0.2, 0.25) is 5.91 Å². The summed E-state index contributed by atoms with van der Waals surface area (Å²) in [5, 5.41) is 8.86. The number of nitrogens with one attached hydrogen (secondary N) is 2. The van der Waals surface area contributed by atoms with Crippen LogP contribution in [0.25, 0.3) is 11.3 Å². The van der Waals surface area contributed by atoms with Gasteiger partial charge in [0.1, 0.15) is 5.01 Å². The number of nitrogens with zero attached hydrogens (tertiary/aromatic N) is 1. The van der Waals surface area contributed by atoms with E-state index in [2.05, 4.69) is 15.6 Å². The molecule has 5 heteroatoms. The molecule has 2 N–H and O–H groups in total. The zero-order valence-electron chi connectivity index (χ0n) is 10.8. The van der Waals surface area contributed by atoms with Crippen LogP contribution in [0.15, 0.2) is 35.7 Å². The summed E-state index contributed by atoms with van der Waals surface area (Å²) < 4.78 is 0. The molecule has 2 rings (SSSR count). The minimum atomic E-state index is 0.0161. The molecule has 1 aromatic carbocycles. The molecule has 0 saturated carbocycles. The summed E-state index contributed by atoms with van der Waals surface area (Å²) in [5.41, 5.74) is 2.11. The number of carbonyl (C=O) groups excluding carboxylic acids is 1. The summed E-state index contributed by atoms with van der Waals surface area (Å²) in [5.74, 6) is 0.0161. The average Bonchev–Trinajstić information content (AvgIpc) is 2.89. The van der Waals surface area contributed by atoms with E-state index in [1.165, 1.54) is 0 Å². The third kappa shape index (κ3) is 4.15. The molecule has 0 aliphatic heterocycles. The molecule has 0 bridgehead atoms. The van der Waals surface area contributed by atoms with Crippen molar-refractivity contribution in [3.63, 3.8) is 0 Å². The van der Waals surface area contributed by atoms with Crippen LogP contribution in [0.4, 0.5) is 0 Å². The van der Waals surface area contributed by atoms with Crippen molar-refractivity contribution in [2.45, 2.75) is 13.5 Å². The van der Waals surface area contributed by atoms with Crippen molar-refractivity contribution in [3.8, 4) is 11.3 Å². The van der Waals surface area contributed by atoms with Crippen LogP contribution in [0.1, 0.15) is 11.9 Å². The second-order valence-corrected chi connectivity index (χ2v) is 4.99. The molecule has 2 aromatic rings. The molecule has 0 unspecified atom stereocenters. The second kappa shape index (κ2) is 7.01. The molecule has 1 amide bonds. The molecular weight excluding hydrogens is 258 g/mol. The molecular formula is C14H17N3OS. The molecule has 0 radical (unpaired) electrons. The highest BCUT2D eigenvalue weighted by molar-refractivity contribution is 7.09. The highest BCUT2D eigenvalue weighted by Gasteiger charge is 2.04. The summed E-state index contributed by atoms with van der Waals surface area (Å²) in [6.45, 7) is 3.52. The van der Waals surface area contributed by atoms with Crippen molar-refractivity contribution < 1.29 is 4.79 Å². The van der Waals surface area contributed by atoms with Gasteiger partial charge in [-0.25, -0.2) is 4.98 Å². The topological polar surface area (TPSA) is 54.0 Å². The Morgan fingerprint density at radius 2 is 2.11 bits per heavy atom. The van der Waals surface area contributed by atoms with Crippen molar-refractivity contribution >= 4 is 17.2 Å². The Balaban J connectivity index is 1.86. The van der Waals surface area contributed by atoms with Gasteiger partial charge >= 0.3 is 0 Å². The van der Waals surface area contributed by atoms with Crippen LogP contribution >= 0.6 is 11.3 Å². The van der Waals surface area contributed by atoms with E-state index < -0.39 is 0 Å². The van der Waals surface area contributed by atoms with Gasteiger partial charge in [0.25, 0.3) is 0 Å². The van der Waals surface area contributed by atoms with Gasteiger partial charge in [-0.15, -0.1) is 11.3 Å². The number of likely N-dealkylation sites (N-methyl/N-ethyl adjacent to an activating group) is 1. The predicted molar refractivity (Wildman–Crippen MR) is 77.9 cm³/mol. The van der Waals surface area contributed by atoms with E-state index in [1.54, 1.807) is 11.3 Å². The fourth-order valence-corrected chi connectivity index (χ4v) is 2.45. The minimum absolute atomic E-state index is 0.0161. The van der Waals surface area contributed by atoms with Gasteiger partial charge in [-0.1, -0.05) is 30.3 Å². The largest absolute Gasteiger partial charge is 0.355 e. The predicted octanol–water partition coefficient (Wildman–Crippen LogP) is 2.04. The fourth-order valence-electron chi connectivity index (χ4n) is 1.68. The van der Waals surface area contributed by atoms with E-state index in [9.17, 15) is 4.79 Å². The van der Waals surface area contributed by atoms with Crippen molar-refractivity contribution in [1.82, 2.24) is 15.6 Å². The lowest BCUT2D eigenvalue weighted by Crippen LogP contribution is -2.33. The Morgan fingerprint density at radius 1 is 1.32 bits per heavy atom. The highest BCUT2D eigenvalue weighted by atomic mass is 32.1. The fraction of sp³-hybridized carbons (Fsp3) is 0.286. The third-order valence-electron chi connectivity index (χ3n) is 2.56. The maximum absolute atomic E-state index is 11.3. The Labute approximate surface area is 116 Å². The first kappa shape index (κ1) is 13.7. The van der Waals surface area contributed by atoms with Crippen LogP contribution in [0.2, 0.25) is 0 Å². The molecule has 19 heavy (non-hydrogen) atoms. The van der Waals surface area contributed by atoms with Gasteiger partial charge in [0, 0.05) is 24.0 Å². The lowest BCUT2D eigenvalue weighted by Gasteiger charge is -2.02. The van der Waals surface area contributed by atoms with Gasteiger partial charge in [-0.2, -0.15) is 0 Å². The molecule has 0 fully saturated rings. The van der Waals surface area contributed by atoms with Crippen LogP contribution in [0, 0.1) is 0 Å². The van der Waals surface area contributed by atoms with Gasteiger partial charge < -0.3 is 10.6 Å². The molecule has 100 valence electrons. The van der Waals surface area contributed by atoms with E-state index in [4.69, 9.17) is 0 Å². The Kier molecular flexibility index (Phi) is 5.06. The summed E-state index contributed by atoms with van der Waals surface area (Å²) in [6, 6.07) is 10.1. The lowest BCUT2D eigenvalue weighted by molar-refractivity contribution is -0.120. The Hall–Kier alpha value is -1.72. The van der Waals surface area contributed by atoms with Crippen molar-refractivity contribution in [3.05, 3.63) is 40.7 Å². The molecule has 0 aliphatic rings. The molecule has 0 spiro atoms. The van der Waals surface area contributed by atoms with Gasteiger partial charge in [-0.3, -0.25) is 4.79 Å². The van der Waals surface area contributed by atoms with E-state index in [-0.39, 0.29) is 5.91 Å². The number of carbonyl (C=O) groups is 1. The van der Waals surface area contributed by atoms with E-state index in [1.807, 2.05) is 42.6 Å². The normalized spacial score (nSPS) is 10.4. The van der Waals surface area contributed by atoms with Gasteiger partial charge in [0.05, 0.1) is 12.2 Å². The number of hydrogen-bond acceptors (Lipinski definition) is 4. The van der Waals surface area contributed by atoms with Crippen LogP contribution in [0.5, 0.6) is 0 Å². The average molecular weight is 275 g/mol. The number of amides is 1. The monoisotopic (exact) mass is 275 g/mol. The summed E-state index contributed by atoms with van der Waals surface area (Å²) in [4.78, 5) is 15.8. The van der Waals surface area contributed by atoms with E-state index in [0.29, 0.717) is 19.6 Å². The van der Waals surface area contributed by atoms with Crippen LogP contribution < -0.4 is 10.6 Å². The Bertz CT molecular complexity index is 524. The first-order valence-electron chi connectivity index (χ1n) is 6.27. The smallest absolute Gasteiger partial charge is 0.233 e. The zero-order chi connectivity index (χ0) is 13.5. The van der Waals surface area contributed by atoms with Crippen molar-refractivity contribution in [1.29, 1.82) is 0 Å². The molecule has 1 aromatic heterocycles. The Morgan fingerprint density at radius 3 is 2.84 bits per heavy atom. The summed E-state index contributed by atoms with van der Waals surface area (Å²) in [6.07, 6.45) is 0. The first-order chi connectivity index (χ1) is 9.29. The first-order valence-corrected chi connectivity index (χ1v) is 7.15. The minimum Gasteiger partial charge on any atom is -0.355 e. The van der Waals surface area contributed by atoms with E-state index >= 15 is 0 Å². The molecule has 4 nitrogen and oxygen atoms in total. The third-order valence-corrected chi connectivity index (χ3v) is 3.41. The summed E-state index contributed by atoms with van der Waals surface area (Å²) >= 11 is 1.60. The quantitative estimate of drug-likeness (QED) is 0.848. The number of thiazole rings is 1. The molecule has 1 heterocycles. The number of benzene rings is 1. The van der Waals surface area contributed by atoms with Crippen LogP contribution in [-0.4, -0.2) is 24.0 Å². The van der Waals surface area contributed by atoms with Crippen molar-refractivity contribution in [2.75, 3.05) is 13.1 Å². The highest BCUT2D eigenvalue weighted by Crippen LogP contribution is 2.21. The SMILES string of the molecule is CCNC(=O)CNCc1nc(-c2ccccc2)cs1. The maximum Gasteiger partial charge on any atom is 0.233 e. The number of hydrogen-bond donors (Lipinski definition) is 2. The second-order valence-electron chi connectivity index (χ2n) is 4.05. The van der Waals surface area contributed by atoms with Gasteiger partial charge in [0.15, 0.2) is 0 Å². The van der Waals surface area contributed by atoms with Crippen LogP contribution in [0.3, 0.4) is 0 Å². The standard InChI is InChI=1S/C14H17N3OS/c1-2-16-13(18)8-15-9-14-17-12(10-19-14)11-6-4-3-5-7-11/h3-7,10,15H,2,8-9H2,1H3,(H,16,18). The molecule has 0 atom stereocenters.